The maximum atomic E-state index is 13.1. The third-order valence-corrected chi connectivity index (χ3v) is 7.24. The van der Waals surface area contributed by atoms with Gasteiger partial charge in [-0.1, -0.05) is 55.4 Å². The number of nitrogen functional groups attached to an aromatic ring is 1. The van der Waals surface area contributed by atoms with E-state index in [-0.39, 0.29) is 60.7 Å². The normalized spacial score (nSPS) is 14.5. The van der Waals surface area contributed by atoms with Crippen LogP contribution in [0.15, 0.2) is 11.1 Å². The van der Waals surface area contributed by atoms with Crippen LogP contribution in [0.4, 0.5) is 5.95 Å². The largest absolute Gasteiger partial charge is 0.461 e. The van der Waals surface area contributed by atoms with Crippen molar-refractivity contribution in [3.63, 3.8) is 0 Å². The Hall–Kier alpha value is -4.09. The number of amides is 2. The van der Waals surface area contributed by atoms with E-state index < -0.39 is 59.6 Å². The quantitative estimate of drug-likeness (QED) is 0.117. The van der Waals surface area contributed by atoms with E-state index in [1.165, 1.54) is 10.9 Å². The fourth-order valence-electron chi connectivity index (χ4n) is 4.03. The van der Waals surface area contributed by atoms with Gasteiger partial charge in [-0.05, 0) is 23.7 Å². The van der Waals surface area contributed by atoms with E-state index in [9.17, 15) is 24.0 Å². The minimum atomic E-state index is -1.03. The minimum Gasteiger partial charge on any atom is -0.461 e. The molecule has 2 aromatic rings. The first-order chi connectivity index (χ1) is 21.4. The number of hydrogen-bond acceptors (Lipinski definition) is 13. The smallest absolute Gasteiger partial charge is 0.328 e. The maximum Gasteiger partial charge on any atom is 0.328 e. The number of rotatable bonds is 17. The number of fused-ring (bicyclic) bond motifs is 1. The van der Waals surface area contributed by atoms with Crippen molar-refractivity contribution in [3.05, 3.63) is 16.7 Å². The Kier molecular flexibility index (Phi) is 14.1. The number of imidazole rings is 1. The van der Waals surface area contributed by atoms with E-state index in [4.69, 9.17) is 31.4 Å². The summed E-state index contributed by atoms with van der Waals surface area (Å²) in [7, 11) is 0. The highest BCUT2D eigenvalue weighted by molar-refractivity contribution is 5.88. The Balaban J connectivity index is 2.22. The zero-order valence-corrected chi connectivity index (χ0v) is 27.7. The van der Waals surface area contributed by atoms with E-state index in [0.29, 0.717) is 0 Å². The summed E-state index contributed by atoms with van der Waals surface area (Å²) >= 11 is 0. The SMILES string of the molecule is CC(C)[C@H](N)C(=O)N[C@H](C(=O)OCC(COC(=O)[C@@H](NC(=O)[C@@H](N)C(C)C)C(C)C)OCn1cnc2c(=O)[nH]c(N)nc21)C(C)C. The van der Waals surface area contributed by atoms with Crippen molar-refractivity contribution in [1.29, 1.82) is 0 Å². The van der Waals surface area contributed by atoms with E-state index in [1.54, 1.807) is 55.4 Å². The molecular formula is C29H49N9O8. The van der Waals surface area contributed by atoms with Crippen molar-refractivity contribution in [1.82, 2.24) is 30.2 Å². The summed E-state index contributed by atoms with van der Waals surface area (Å²) in [5.74, 6) is -3.61. The molecule has 46 heavy (non-hydrogen) atoms. The summed E-state index contributed by atoms with van der Waals surface area (Å²) < 4.78 is 18.3. The molecule has 0 saturated carbocycles. The third-order valence-electron chi connectivity index (χ3n) is 7.24. The van der Waals surface area contributed by atoms with Crippen LogP contribution in [0, 0.1) is 23.7 Å². The van der Waals surface area contributed by atoms with Gasteiger partial charge in [-0.3, -0.25) is 23.9 Å². The molecule has 258 valence electrons. The number of anilines is 1. The van der Waals surface area contributed by atoms with Gasteiger partial charge in [0.15, 0.2) is 11.2 Å². The van der Waals surface area contributed by atoms with E-state index in [2.05, 4.69) is 25.6 Å². The van der Waals surface area contributed by atoms with Crippen molar-refractivity contribution >= 4 is 40.9 Å². The molecule has 0 aliphatic rings. The van der Waals surface area contributed by atoms with Crippen LogP contribution in [0.3, 0.4) is 0 Å². The van der Waals surface area contributed by atoms with Crippen LogP contribution >= 0.6 is 0 Å². The topological polar surface area (TPSA) is 262 Å². The second-order valence-electron chi connectivity index (χ2n) is 12.5. The molecule has 0 saturated heterocycles. The van der Waals surface area contributed by atoms with Gasteiger partial charge in [-0.15, -0.1) is 0 Å². The van der Waals surface area contributed by atoms with Crippen molar-refractivity contribution in [3.8, 4) is 0 Å². The predicted octanol–water partition coefficient (Wildman–Crippen LogP) is -0.621. The zero-order chi connectivity index (χ0) is 34.9. The number of carbonyl (C=O) groups is 4. The Labute approximate surface area is 267 Å². The number of H-pyrrole nitrogens is 1. The number of nitrogens with zero attached hydrogens (tertiary/aromatic N) is 3. The van der Waals surface area contributed by atoms with Crippen LogP contribution < -0.4 is 33.4 Å². The number of nitrogens with two attached hydrogens (primary N) is 3. The van der Waals surface area contributed by atoms with E-state index in [0.717, 1.165) is 0 Å². The molecule has 0 aliphatic heterocycles. The van der Waals surface area contributed by atoms with Crippen molar-refractivity contribution in [2.45, 2.75) is 92.4 Å². The zero-order valence-electron chi connectivity index (χ0n) is 27.7. The summed E-state index contributed by atoms with van der Waals surface area (Å²) in [6.07, 6.45) is 0.277. The first-order valence-corrected chi connectivity index (χ1v) is 15.2. The van der Waals surface area contributed by atoms with Crippen molar-refractivity contribution in [2.24, 2.45) is 35.1 Å². The Bertz CT molecular complexity index is 1350. The summed E-state index contributed by atoms with van der Waals surface area (Å²) in [5, 5.41) is 5.28. The number of hydrogen-bond donors (Lipinski definition) is 6. The minimum absolute atomic E-state index is 0.0254. The summed E-state index contributed by atoms with van der Waals surface area (Å²) in [6, 6.07) is -3.67. The Morgan fingerprint density at radius 1 is 0.826 bits per heavy atom. The predicted molar refractivity (Wildman–Crippen MR) is 169 cm³/mol. The second-order valence-corrected chi connectivity index (χ2v) is 12.5. The van der Waals surface area contributed by atoms with Crippen LogP contribution in [0.25, 0.3) is 11.2 Å². The number of aromatic nitrogens is 4. The van der Waals surface area contributed by atoms with Gasteiger partial charge in [-0.25, -0.2) is 14.6 Å². The number of carbonyl (C=O) groups excluding carboxylic acids is 4. The lowest BCUT2D eigenvalue weighted by Gasteiger charge is -2.26. The van der Waals surface area contributed by atoms with Crippen LogP contribution in [-0.2, 0) is 40.1 Å². The molecule has 0 bridgehead atoms. The molecule has 2 amide bonds. The number of ether oxygens (including phenoxy) is 3. The number of aromatic amines is 1. The molecule has 0 unspecified atom stereocenters. The molecule has 0 radical (unpaired) electrons. The number of esters is 2. The lowest BCUT2D eigenvalue weighted by atomic mass is 10.0. The summed E-state index contributed by atoms with van der Waals surface area (Å²) in [4.78, 5) is 74.0. The van der Waals surface area contributed by atoms with Gasteiger partial charge in [0.05, 0.1) is 18.4 Å². The molecule has 2 heterocycles. The van der Waals surface area contributed by atoms with Crippen molar-refractivity contribution < 1.29 is 33.4 Å². The molecule has 9 N–H and O–H groups in total. The Morgan fingerprint density at radius 2 is 1.28 bits per heavy atom. The van der Waals surface area contributed by atoms with Gasteiger partial charge in [0.2, 0.25) is 17.8 Å². The fourth-order valence-corrected chi connectivity index (χ4v) is 4.03. The molecule has 2 aromatic heterocycles. The lowest BCUT2D eigenvalue weighted by molar-refractivity contribution is -0.162. The molecular weight excluding hydrogens is 602 g/mol. The molecule has 2 rings (SSSR count). The lowest BCUT2D eigenvalue weighted by Crippen LogP contribution is -2.53. The van der Waals surface area contributed by atoms with Gasteiger partial charge in [0, 0.05) is 0 Å². The van der Waals surface area contributed by atoms with Crippen LogP contribution in [0.5, 0.6) is 0 Å². The average molecular weight is 652 g/mol. The third kappa shape index (κ3) is 10.5. The number of nitrogens with one attached hydrogen (secondary N) is 3. The molecule has 17 heteroatoms. The Morgan fingerprint density at radius 3 is 1.70 bits per heavy atom. The van der Waals surface area contributed by atoms with Gasteiger partial charge >= 0.3 is 11.9 Å². The first-order valence-electron chi connectivity index (χ1n) is 15.2. The maximum absolute atomic E-state index is 13.1. The molecule has 0 fully saturated rings. The molecule has 17 nitrogen and oxygen atoms in total. The highest BCUT2D eigenvalue weighted by Crippen LogP contribution is 2.12. The van der Waals surface area contributed by atoms with Crippen LogP contribution in [0.2, 0.25) is 0 Å². The summed E-state index contributed by atoms with van der Waals surface area (Å²) in [5.41, 5.74) is 17.2. The molecule has 0 aliphatic carbocycles. The van der Waals surface area contributed by atoms with Crippen LogP contribution in [0.1, 0.15) is 55.4 Å². The highest BCUT2D eigenvalue weighted by Gasteiger charge is 2.32. The van der Waals surface area contributed by atoms with E-state index in [1.807, 2.05) is 0 Å². The monoisotopic (exact) mass is 651 g/mol. The standard InChI is InChI=1S/C29H49N9O8/c1-13(2)18(30)24(39)34-20(15(5)6)27(42)44-9-17(46-12-38-11-33-22-23(38)36-29(32)37-26(22)41)10-45-28(43)21(16(7)8)35-25(40)19(31)14(3)4/h11,13-21H,9-10,12,30-31H2,1-8H3,(H,34,39)(H,35,40)(H3,32,36,37,41)/t18-,19-,20-,21-/m0/s1. The fraction of sp³-hybridized carbons (Fsp3) is 0.690. The summed E-state index contributed by atoms with van der Waals surface area (Å²) in [6.45, 7) is 13.1. The second kappa shape index (κ2) is 17.0. The first kappa shape index (κ1) is 38.1. The molecule has 0 spiro atoms. The van der Waals surface area contributed by atoms with Gasteiger partial charge in [-0.2, -0.15) is 4.98 Å². The molecule has 4 atom stereocenters. The average Bonchev–Trinajstić information content (AvgIpc) is 3.39. The van der Waals surface area contributed by atoms with E-state index >= 15 is 0 Å². The van der Waals surface area contributed by atoms with Crippen molar-refractivity contribution in [2.75, 3.05) is 18.9 Å². The van der Waals surface area contributed by atoms with Gasteiger partial charge in [0.1, 0.15) is 38.1 Å². The van der Waals surface area contributed by atoms with Gasteiger partial charge < -0.3 is 42.0 Å². The van der Waals surface area contributed by atoms with Gasteiger partial charge in [0.25, 0.3) is 5.56 Å². The highest BCUT2D eigenvalue weighted by atomic mass is 16.6. The molecule has 0 aromatic carbocycles. The van der Waals surface area contributed by atoms with Crippen LogP contribution in [-0.4, -0.2) is 86.8 Å².